The monoisotopic (exact) mass is 664 g/mol. The minimum absolute atomic E-state index is 0.101. The Morgan fingerprint density at radius 1 is 0.918 bits per heavy atom. The molecule has 3 N–H and O–H groups in total. The predicted octanol–water partition coefficient (Wildman–Crippen LogP) is 9.82. The first kappa shape index (κ1) is 36.4. The predicted molar refractivity (Wildman–Crippen MR) is 203 cm³/mol. The number of nitrogens with zero attached hydrogens (tertiary/aromatic N) is 3. The van der Waals surface area contributed by atoms with Crippen LogP contribution in [0.5, 0.6) is 0 Å². The topological polar surface area (TPSA) is 110 Å². The van der Waals surface area contributed by atoms with Gasteiger partial charge in [0.1, 0.15) is 5.76 Å². The number of nitrogens with two attached hydrogens (primary N) is 1. The van der Waals surface area contributed by atoms with Crippen molar-refractivity contribution in [2.45, 2.75) is 126 Å². The lowest BCUT2D eigenvalue weighted by Crippen LogP contribution is -2.20. The zero-order chi connectivity index (χ0) is 35.6. The van der Waals surface area contributed by atoms with E-state index in [1.54, 1.807) is 0 Å². The second kappa shape index (κ2) is 15.4. The van der Waals surface area contributed by atoms with E-state index in [0.717, 1.165) is 92.5 Å². The lowest BCUT2D eigenvalue weighted by Gasteiger charge is -2.20. The Balaban J connectivity index is 1.69. The normalized spacial score (nSPS) is 23.2. The van der Waals surface area contributed by atoms with Gasteiger partial charge >= 0.3 is 0 Å². The number of rotatable bonds is 12. The Morgan fingerprint density at radius 2 is 1.63 bits per heavy atom. The van der Waals surface area contributed by atoms with E-state index in [-0.39, 0.29) is 23.8 Å². The first-order chi connectivity index (χ1) is 23.4. The van der Waals surface area contributed by atoms with Crippen molar-refractivity contribution in [1.29, 1.82) is 0 Å². The molecule has 8 bridgehead atoms. The maximum atomic E-state index is 11.7. The lowest BCUT2D eigenvalue weighted by atomic mass is 9.82. The summed E-state index contributed by atoms with van der Waals surface area (Å²) in [4.78, 5) is 27.5. The van der Waals surface area contributed by atoms with Crippen molar-refractivity contribution in [3.05, 3.63) is 91.2 Å². The third-order valence-electron chi connectivity index (χ3n) is 11.1. The summed E-state index contributed by atoms with van der Waals surface area (Å²) in [6, 6.07) is 0. The first-order valence-corrected chi connectivity index (χ1v) is 18.4. The van der Waals surface area contributed by atoms with Gasteiger partial charge in [-0.3, -0.25) is 9.79 Å². The summed E-state index contributed by atoms with van der Waals surface area (Å²) in [5.74, 6) is 0.302. The summed E-state index contributed by atoms with van der Waals surface area (Å²) < 4.78 is 6.46. The van der Waals surface area contributed by atoms with Crippen LogP contribution in [-0.4, -0.2) is 40.9 Å². The highest BCUT2D eigenvalue weighted by molar-refractivity contribution is 6.16. The van der Waals surface area contributed by atoms with Crippen LogP contribution in [0.3, 0.4) is 0 Å². The molecule has 7 heteroatoms. The number of aliphatic hydroxyl groups is 1. The summed E-state index contributed by atoms with van der Waals surface area (Å²) in [6.07, 6.45) is 14.1. The fourth-order valence-corrected chi connectivity index (χ4v) is 7.99. The molecule has 4 heterocycles. The zero-order valence-corrected chi connectivity index (χ0v) is 31.2. The number of aliphatic imine (C=N–C) groups is 3. The maximum absolute atomic E-state index is 11.7. The molecule has 49 heavy (non-hydrogen) atoms. The highest BCUT2D eigenvalue weighted by atomic mass is 16.5. The molecule has 2 unspecified atom stereocenters. The van der Waals surface area contributed by atoms with E-state index in [4.69, 9.17) is 25.4 Å². The van der Waals surface area contributed by atoms with Gasteiger partial charge in [-0.1, -0.05) is 40.0 Å². The number of unbranched alkanes of at least 4 members (excludes halogenated alkanes) is 3. The van der Waals surface area contributed by atoms with Gasteiger partial charge in [0, 0.05) is 53.8 Å². The molecule has 0 fully saturated rings. The van der Waals surface area contributed by atoms with E-state index < -0.39 is 0 Å². The number of carbonyl (C=O) groups is 1. The van der Waals surface area contributed by atoms with Crippen molar-refractivity contribution in [2.75, 3.05) is 6.61 Å². The summed E-state index contributed by atoms with van der Waals surface area (Å²) in [6.45, 7) is 20.1. The molecule has 5 rings (SSSR count). The van der Waals surface area contributed by atoms with Crippen molar-refractivity contribution >= 4 is 23.0 Å². The van der Waals surface area contributed by atoms with Crippen LogP contribution in [0.1, 0.15) is 120 Å². The first-order valence-electron chi connectivity index (χ1n) is 18.4. The van der Waals surface area contributed by atoms with Gasteiger partial charge in [-0.15, -0.1) is 0 Å². The molecule has 5 aliphatic rings. The quantitative estimate of drug-likeness (QED) is 0.203. The molecule has 0 aromatic carbocycles. The van der Waals surface area contributed by atoms with E-state index in [9.17, 15) is 9.90 Å². The van der Waals surface area contributed by atoms with Gasteiger partial charge in [0.25, 0.3) is 0 Å². The van der Waals surface area contributed by atoms with E-state index >= 15 is 0 Å². The zero-order valence-electron chi connectivity index (χ0n) is 31.2. The minimum atomic E-state index is -0.284. The van der Waals surface area contributed by atoms with Crippen LogP contribution in [0.15, 0.2) is 106 Å². The van der Waals surface area contributed by atoms with Crippen LogP contribution in [-0.2, 0) is 9.53 Å². The highest BCUT2D eigenvalue weighted by Gasteiger charge is 2.38. The van der Waals surface area contributed by atoms with Crippen molar-refractivity contribution in [3.63, 3.8) is 0 Å². The third-order valence-corrected chi connectivity index (χ3v) is 11.1. The van der Waals surface area contributed by atoms with Crippen molar-refractivity contribution in [1.82, 2.24) is 0 Å². The number of amides is 1. The second-order valence-electron chi connectivity index (χ2n) is 14.4. The number of fused-ring (bicyclic) bond motifs is 5. The number of hydrogen-bond acceptors (Lipinski definition) is 6. The minimum Gasteiger partial charge on any atom is -0.511 e. The van der Waals surface area contributed by atoms with Crippen molar-refractivity contribution in [2.24, 2.45) is 32.5 Å². The molecule has 1 aliphatic carbocycles. The molecule has 7 nitrogen and oxygen atoms in total. The van der Waals surface area contributed by atoms with Crippen molar-refractivity contribution in [3.8, 4) is 0 Å². The van der Waals surface area contributed by atoms with Crippen LogP contribution in [0, 0.1) is 11.8 Å². The molecule has 4 aliphatic heterocycles. The number of allylic oxidation sites excluding steroid dienone is 12. The Kier molecular flexibility index (Phi) is 11.4. The number of hydrogen-bond donors (Lipinski definition) is 2. The van der Waals surface area contributed by atoms with Gasteiger partial charge < -0.3 is 15.6 Å². The standard InChI is InChI=1S/C42H56N4O3/c1-10-12-13-14-18-49-29(9)41-28(8)35-21-34-26(6)31(16-15-17-39(43)48)42(46-34)32-20-38(47)40(27(32)7)24(4)23(3)19-36-30(11-2)25(5)33(44-36)22-37(41)45-35/h19,21-22,26,29,31,47H,10-18,20H2,1-9H3,(H2,43,48)/t26?,29?,31-/m0/s1. The third kappa shape index (κ3) is 7.38. The summed E-state index contributed by atoms with van der Waals surface area (Å²) in [5, 5.41) is 11.4. The van der Waals surface area contributed by atoms with Crippen LogP contribution in [0.2, 0.25) is 0 Å². The van der Waals surface area contributed by atoms with E-state index in [1.165, 1.54) is 30.4 Å². The van der Waals surface area contributed by atoms with Gasteiger partial charge in [-0.2, -0.15) is 0 Å². The number of carbonyl (C=O) groups excluding carboxylic acids is 1. The van der Waals surface area contributed by atoms with Gasteiger partial charge in [0.15, 0.2) is 0 Å². The molecule has 0 aromatic rings. The molecular weight excluding hydrogens is 608 g/mol. The highest BCUT2D eigenvalue weighted by Crippen LogP contribution is 2.45. The van der Waals surface area contributed by atoms with Gasteiger partial charge in [-0.25, -0.2) is 9.98 Å². The SMILES string of the molecule is CCCCCCOC(C)C1=C(C)C2=NC1=CC1=NC(=CC(C)=C(C)C3=C(O)CC(=C3C)C3=NC(=C2)C(C)[C@@H]3CCCC(N)=O)C(CC)=C1C. The Hall–Kier alpha value is -3.84. The van der Waals surface area contributed by atoms with Crippen LogP contribution in [0.4, 0.5) is 0 Å². The fourth-order valence-electron chi connectivity index (χ4n) is 7.99. The Bertz CT molecular complexity index is 1760. The smallest absolute Gasteiger partial charge is 0.217 e. The van der Waals surface area contributed by atoms with E-state index in [2.05, 4.69) is 80.5 Å². The molecule has 1 amide bonds. The summed E-state index contributed by atoms with van der Waals surface area (Å²) in [7, 11) is 0. The van der Waals surface area contributed by atoms with Crippen LogP contribution in [0.25, 0.3) is 0 Å². The van der Waals surface area contributed by atoms with Gasteiger partial charge in [-0.05, 0) is 124 Å². The largest absolute Gasteiger partial charge is 0.511 e. The molecule has 0 radical (unpaired) electrons. The average molecular weight is 665 g/mol. The van der Waals surface area contributed by atoms with E-state index in [0.29, 0.717) is 31.6 Å². The van der Waals surface area contributed by atoms with Gasteiger partial charge in [0.05, 0.1) is 28.9 Å². The second-order valence-corrected chi connectivity index (χ2v) is 14.4. The fraction of sp³-hybridized carbons (Fsp3) is 0.524. The molecular formula is C42H56N4O3. The Morgan fingerprint density at radius 3 is 2.33 bits per heavy atom. The van der Waals surface area contributed by atoms with Crippen molar-refractivity contribution < 1.29 is 14.6 Å². The summed E-state index contributed by atoms with van der Waals surface area (Å²) >= 11 is 0. The molecule has 0 saturated heterocycles. The average Bonchev–Trinajstić information content (AvgIpc) is 3.72. The Labute approximate surface area is 293 Å². The van der Waals surface area contributed by atoms with Crippen LogP contribution >= 0.6 is 0 Å². The molecule has 0 saturated carbocycles. The lowest BCUT2D eigenvalue weighted by molar-refractivity contribution is -0.118. The molecule has 262 valence electrons. The summed E-state index contributed by atoms with van der Waals surface area (Å²) in [5.41, 5.74) is 21.0. The number of ether oxygens (including phenoxy) is 1. The molecule has 0 aromatic heterocycles. The number of primary amides is 1. The van der Waals surface area contributed by atoms with Crippen LogP contribution < -0.4 is 5.73 Å². The van der Waals surface area contributed by atoms with E-state index in [1.807, 2.05) is 0 Å². The molecule has 0 spiro atoms. The van der Waals surface area contributed by atoms with Gasteiger partial charge in [0.2, 0.25) is 5.91 Å². The molecule has 3 atom stereocenters. The maximum Gasteiger partial charge on any atom is 0.217 e. The number of aliphatic hydroxyl groups excluding tert-OH is 1.